The van der Waals surface area contributed by atoms with Gasteiger partial charge in [0.05, 0.1) is 19.0 Å². The zero-order chi connectivity index (χ0) is 27.7. The van der Waals surface area contributed by atoms with E-state index in [1.807, 2.05) is 81.4 Å². The summed E-state index contributed by atoms with van der Waals surface area (Å²) in [6, 6.07) is 17.5. The number of carbonyl (C=O) groups is 4. The van der Waals surface area contributed by atoms with Crippen LogP contribution in [0.5, 0.6) is 0 Å². The van der Waals surface area contributed by atoms with E-state index in [0.29, 0.717) is 19.4 Å². The number of hydrogen-bond acceptors (Lipinski definition) is 5. The van der Waals surface area contributed by atoms with Crippen molar-refractivity contribution in [2.75, 3.05) is 13.1 Å². The number of carbonyl (C=O) groups excluding carboxylic acids is 4. The summed E-state index contributed by atoms with van der Waals surface area (Å²) in [6.45, 7) is 8.39. The predicted octanol–water partition coefficient (Wildman–Crippen LogP) is 4.20. The van der Waals surface area contributed by atoms with Crippen LogP contribution < -0.4 is 10.6 Å². The molecular weight excluding hydrogens is 482 g/mol. The topological polar surface area (TPSA) is 105 Å². The summed E-state index contributed by atoms with van der Waals surface area (Å²) in [5, 5.41) is 5.34. The third-order valence-electron chi connectivity index (χ3n) is 6.98. The van der Waals surface area contributed by atoms with E-state index in [-0.39, 0.29) is 24.9 Å². The molecule has 8 nitrogen and oxygen atoms in total. The van der Waals surface area contributed by atoms with E-state index in [1.54, 1.807) is 11.8 Å². The summed E-state index contributed by atoms with van der Waals surface area (Å²) >= 11 is 0. The van der Waals surface area contributed by atoms with E-state index in [1.165, 1.54) is 0 Å². The molecule has 2 aromatic rings. The van der Waals surface area contributed by atoms with Gasteiger partial charge in [0.15, 0.2) is 0 Å². The number of alkyl carbamates (subject to hydrolysis) is 1. The Hall–Kier alpha value is -3.68. The minimum absolute atomic E-state index is 0.0315. The molecule has 0 saturated carbocycles. The normalized spacial score (nSPS) is 17.8. The van der Waals surface area contributed by atoms with Crippen LogP contribution >= 0.6 is 0 Å². The maximum absolute atomic E-state index is 13.0. The summed E-state index contributed by atoms with van der Waals surface area (Å²) in [7, 11) is 0. The van der Waals surface area contributed by atoms with Crippen molar-refractivity contribution >= 4 is 23.7 Å². The number of unbranched alkanes of at least 4 members (excludes halogenated alkanes) is 1. The van der Waals surface area contributed by atoms with Gasteiger partial charge in [0.25, 0.3) is 5.91 Å². The molecule has 3 rings (SSSR count). The van der Waals surface area contributed by atoms with Crippen molar-refractivity contribution < 1.29 is 23.9 Å². The monoisotopic (exact) mass is 521 g/mol. The lowest BCUT2D eigenvalue weighted by atomic mass is 9.90. The van der Waals surface area contributed by atoms with Crippen LogP contribution in [0.15, 0.2) is 60.7 Å². The third kappa shape index (κ3) is 7.91. The van der Waals surface area contributed by atoms with E-state index < -0.39 is 35.3 Å². The number of ether oxygens (including phenoxy) is 1. The van der Waals surface area contributed by atoms with Gasteiger partial charge in [0.1, 0.15) is 12.1 Å². The van der Waals surface area contributed by atoms with Crippen LogP contribution in [0.2, 0.25) is 0 Å². The molecule has 2 N–H and O–H groups in total. The maximum Gasteiger partial charge on any atom is 0.408 e. The molecule has 0 aliphatic carbocycles. The Labute approximate surface area is 225 Å². The molecule has 0 radical (unpaired) electrons. The zero-order valence-electron chi connectivity index (χ0n) is 22.7. The highest BCUT2D eigenvalue weighted by atomic mass is 16.6. The van der Waals surface area contributed by atoms with Gasteiger partial charge >= 0.3 is 6.09 Å². The van der Waals surface area contributed by atoms with Gasteiger partial charge in [-0.3, -0.25) is 14.4 Å². The molecule has 0 spiro atoms. The Morgan fingerprint density at radius 2 is 1.63 bits per heavy atom. The van der Waals surface area contributed by atoms with Crippen molar-refractivity contribution in [3.63, 3.8) is 0 Å². The van der Waals surface area contributed by atoms with Gasteiger partial charge in [-0.25, -0.2) is 4.79 Å². The van der Waals surface area contributed by atoms with Crippen LogP contribution in [0.3, 0.4) is 0 Å². The van der Waals surface area contributed by atoms with Gasteiger partial charge in [-0.1, -0.05) is 94.3 Å². The molecular formula is C30H39N3O5. The van der Waals surface area contributed by atoms with Crippen LogP contribution in [0.25, 0.3) is 0 Å². The fourth-order valence-electron chi connectivity index (χ4n) is 4.61. The largest absolute Gasteiger partial charge is 0.444 e. The van der Waals surface area contributed by atoms with E-state index >= 15 is 0 Å². The quantitative estimate of drug-likeness (QED) is 0.431. The minimum Gasteiger partial charge on any atom is -0.444 e. The van der Waals surface area contributed by atoms with Crippen LogP contribution in [0, 0.1) is 5.41 Å². The molecule has 0 unspecified atom stereocenters. The number of hydrogen-bond donors (Lipinski definition) is 2. The lowest BCUT2D eigenvalue weighted by molar-refractivity contribution is -0.139. The molecule has 1 heterocycles. The van der Waals surface area contributed by atoms with Gasteiger partial charge in [-0.15, -0.1) is 0 Å². The average Bonchev–Trinajstić information content (AvgIpc) is 3.20. The number of ketones is 1. The Balaban J connectivity index is 1.59. The smallest absolute Gasteiger partial charge is 0.408 e. The molecule has 204 valence electrons. The molecule has 1 fully saturated rings. The minimum atomic E-state index is -0.995. The number of nitrogens with zero attached hydrogens (tertiary/aromatic N) is 1. The van der Waals surface area contributed by atoms with E-state index in [9.17, 15) is 19.2 Å². The standard InChI is InChI=1S/C30H39N3O5/c1-5-6-17-24(27(35)28(36)31-21(2)23-15-11-8-12-16-23)32-29(37)38-25-19-33(20-30(25,3)4)26(34)18-22-13-9-7-10-14-22/h7-16,21,24-25H,5-6,17-20H2,1-4H3,(H,31,36)(H,32,37)/t21-,24+,25-/m1/s1. The number of Topliss-reactive ketones (excluding diaryl/α,β-unsaturated/α-hetero) is 1. The average molecular weight is 522 g/mol. The Morgan fingerprint density at radius 1 is 1.00 bits per heavy atom. The maximum atomic E-state index is 13.0. The van der Waals surface area contributed by atoms with Crippen molar-refractivity contribution in [3.8, 4) is 0 Å². The van der Waals surface area contributed by atoms with Gasteiger partial charge in [0.2, 0.25) is 11.7 Å². The molecule has 1 aliphatic rings. The molecule has 38 heavy (non-hydrogen) atoms. The molecule has 1 aliphatic heterocycles. The first-order valence-corrected chi connectivity index (χ1v) is 13.3. The molecule has 0 aromatic heterocycles. The first-order valence-electron chi connectivity index (χ1n) is 13.3. The number of amides is 3. The second kappa shape index (κ2) is 13.2. The second-order valence-electron chi connectivity index (χ2n) is 10.6. The highest BCUT2D eigenvalue weighted by Gasteiger charge is 2.44. The van der Waals surface area contributed by atoms with Crippen molar-refractivity contribution in [2.45, 2.75) is 71.6 Å². The highest BCUT2D eigenvalue weighted by Crippen LogP contribution is 2.32. The summed E-state index contributed by atoms with van der Waals surface area (Å²) < 4.78 is 5.72. The predicted molar refractivity (Wildman–Crippen MR) is 145 cm³/mol. The third-order valence-corrected chi connectivity index (χ3v) is 6.98. The van der Waals surface area contributed by atoms with Gasteiger partial charge in [-0.2, -0.15) is 0 Å². The summed E-state index contributed by atoms with van der Waals surface area (Å²) in [4.78, 5) is 53.2. The van der Waals surface area contributed by atoms with E-state index in [4.69, 9.17) is 4.74 Å². The molecule has 1 saturated heterocycles. The molecule has 0 bridgehead atoms. The Kier molecular flexibility index (Phi) is 10.0. The van der Waals surface area contributed by atoms with Gasteiger partial charge < -0.3 is 20.3 Å². The van der Waals surface area contributed by atoms with Crippen LogP contribution in [-0.2, 0) is 25.5 Å². The van der Waals surface area contributed by atoms with E-state index in [0.717, 1.165) is 17.5 Å². The number of nitrogens with one attached hydrogen (secondary N) is 2. The van der Waals surface area contributed by atoms with Crippen LogP contribution in [0.4, 0.5) is 4.79 Å². The SMILES string of the molecule is CCCC[C@H](NC(=O)O[C@@H]1CN(C(=O)Cc2ccccc2)CC1(C)C)C(=O)C(=O)N[C@H](C)c1ccccc1. The van der Waals surface area contributed by atoms with Crippen LogP contribution in [0.1, 0.15) is 64.1 Å². The first-order chi connectivity index (χ1) is 18.1. The summed E-state index contributed by atoms with van der Waals surface area (Å²) in [5.41, 5.74) is 1.34. The summed E-state index contributed by atoms with van der Waals surface area (Å²) in [6.07, 6.45) is 0.758. The number of likely N-dealkylation sites (tertiary alicyclic amines) is 1. The number of benzene rings is 2. The van der Waals surface area contributed by atoms with Gasteiger partial charge in [-0.05, 0) is 24.5 Å². The van der Waals surface area contributed by atoms with Crippen LogP contribution in [-0.4, -0.2) is 53.8 Å². The highest BCUT2D eigenvalue weighted by molar-refractivity contribution is 6.38. The first kappa shape index (κ1) is 28.9. The lowest BCUT2D eigenvalue weighted by Crippen LogP contribution is -2.49. The Morgan fingerprint density at radius 3 is 2.26 bits per heavy atom. The van der Waals surface area contributed by atoms with E-state index in [2.05, 4.69) is 10.6 Å². The molecule has 3 atom stereocenters. The van der Waals surface area contributed by atoms with Crippen molar-refractivity contribution in [1.29, 1.82) is 0 Å². The van der Waals surface area contributed by atoms with Gasteiger partial charge in [0, 0.05) is 12.0 Å². The number of rotatable bonds is 11. The molecule has 2 aromatic carbocycles. The Bertz CT molecular complexity index is 1100. The fourth-order valence-corrected chi connectivity index (χ4v) is 4.61. The lowest BCUT2D eigenvalue weighted by Gasteiger charge is -2.26. The molecule has 3 amide bonds. The molecule has 8 heteroatoms. The van der Waals surface area contributed by atoms with Crippen molar-refractivity contribution in [1.82, 2.24) is 15.5 Å². The zero-order valence-corrected chi connectivity index (χ0v) is 22.7. The van der Waals surface area contributed by atoms with Crippen molar-refractivity contribution in [2.24, 2.45) is 5.41 Å². The second-order valence-corrected chi connectivity index (χ2v) is 10.6. The van der Waals surface area contributed by atoms with Crippen molar-refractivity contribution in [3.05, 3.63) is 71.8 Å². The fraction of sp³-hybridized carbons (Fsp3) is 0.467. The summed E-state index contributed by atoms with van der Waals surface area (Å²) in [5.74, 6) is -1.49.